The number of rotatable bonds is 2. The average molecular weight is 224 g/mol. The summed E-state index contributed by atoms with van der Waals surface area (Å²) in [5.74, 6) is 6.64. The molecular weight excluding hydrogens is 207 g/mol. The van der Waals surface area contributed by atoms with Gasteiger partial charge in [-0.05, 0) is 32.1 Å². The van der Waals surface area contributed by atoms with Gasteiger partial charge in [0.1, 0.15) is 5.82 Å². The quantitative estimate of drug-likeness (QED) is 0.596. The Labute approximate surface area is 94.4 Å². The maximum atomic E-state index is 13.5. The zero-order valence-electron chi connectivity index (χ0n) is 9.63. The number of nitrogen functional groups attached to an aromatic ring is 1. The summed E-state index contributed by atoms with van der Waals surface area (Å²) >= 11 is 0. The number of nitrogens with two attached hydrogens (primary N) is 1. The van der Waals surface area contributed by atoms with Gasteiger partial charge in [-0.1, -0.05) is 6.92 Å². The van der Waals surface area contributed by atoms with Crippen LogP contribution >= 0.6 is 0 Å². The van der Waals surface area contributed by atoms with E-state index >= 15 is 0 Å². The first-order valence-electron chi connectivity index (χ1n) is 5.62. The van der Waals surface area contributed by atoms with Crippen LogP contribution in [0.1, 0.15) is 43.6 Å². The Kier molecular flexibility index (Phi) is 3.05. The molecular formula is C11H17FN4. The lowest BCUT2D eigenvalue weighted by atomic mass is 10.1. The van der Waals surface area contributed by atoms with Gasteiger partial charge in [0.15, 0.2) is 11.6 Å². The second-order valence-corrected chi connectivity index (χ2v) is 4.59. The third kappa shape index (κ3) is 2.00. The summed E-state index contributed by atoms with van der Waals surface area (Å²) in [6.07, 6.45) is 3.35. The van der Waals surface area contributed by atoms with Crippen LogP contribution in [0.15, 0.2) is 0 Å². The molecule has 0 bridgehead atoms. The molecule has 1 saturated carbocycles. The van der Waals surface area contributed by atoms with Crippen molar-refractivity contribution in [2.45, 2.75) is 39.0 Å². The van der Waals surface area contributed by atoms with E-state index in [-0.39, 0.29) is 5.82 Å². The van der Waals surface area contributed by atoms with Crippen LogP contribution < -0.4 is 11.3 Å². The molecule has 2 unspecified atom stereocenters. The fourth-order valence-corrected chi connectivity index (χ4v) is 2.30. The number of nitrogens with one attached hydrogen (secondary N) is 1. The van der Waals surface area contributed by atoms with E-state index in [1.807, 2.05) is 0 Å². The standard InChI is InChI=1S/C11H17FN4/c1-6-3-4-8(5-6)10-14-7(2)9(12)11(15-10)16-13/h6,8H,3-5,13H2,1-2H3,(H,14,15,16). The van der Waals surface area contributed by atoms with Gasteiger partial charge < -0.3 is 5.43 Å². The number of hydrazine groups is 1. The zero-order valence-corrected chi connectivity index (χ0v) is 9.63. The monoisotopic (exact) mass is 224 g/mol. The van der Waals surface area contributed by atoms with Gasteiger partial charge in [0, 0.05) is 5.92 Å². The van der Waals surface area contributed by atoms with Crippen LogP contribution in [0.25, 0.3) is 0 Å². The number of aromatic nitrogens is 2. The van der Waals surface area contributed by atoms with Gasteiger partial charge in [-0.2, -0.15) is 0 Å². The fourth-order valence-electron chi connectivity index (χ4n) is 2.30. The lowest BCUT2D eigenvalue weighted by Crippen LogP contribution is -2.15. The van der Waals surface area contributed by atoms with Gasteiger partial charge in [-0.3, -0.25) is 0 Å². The Morgan fingerprint density at radius 3 is 2.69 bits per heavy atom. The summed E-state index contributed by atoms with van der Waals surface area (Å²) in [5, 5.41) is 0. The van der Waals surface area contributed by atoms with E-state index in [0.717, 1.165) is 18.7 Å². The molecule has 0 saturated heterocycles. The second kappa shape index (κ2) is 4.33. The first-order valence-corrected chi connectivity index (χ1v) is 5.62. The number of hydrogen-bond acceptors (Lipinski definition) is 4. The van der Waals surface area contributed by atoms with Crippen LogP contribution in [0.2, 0.25) is 0 Å². The molecule has 0 spiro atoms. The molecule has 0 aromatic carbocycles. The van der Waals surface area contributed by atoms with Gasteiger partial charge in [0.25, 0.3) is 0 Å². The zero-order chi connectivity index (χ0) is 11.7. The van der Waals surface area contributed by atoms with Crippen molar-refractivity contribution < 1.29 is 4.39 Å². The number of nitrogens with zero attached hydrogens (tertiary/aromatic N) is 2. The largest absolute Gasteiger partial charge is 0.306 e. The summed E-state index contributed by atoms with van der Waals surface area (Å²) in [7, 11) is 0. The highest BCUT2D eigenvalue weighted by molar-refractivity contribution is 5.37. The third-order valence-electron chi connectivity index (χ3n) is 3.23. The fraction of sp³-hybridized carbons (Fsp3) is 0.636. The minimum Gasteiger partial charge on any atom is -0.306 e. The van der Waals surface area contributed by atoms with Gasteiger partial charge in [0.2, 0.25) is 0 Å². The average Bonchev–Trinajstić information content (AvgIpc) is 2.69. The van der Waals surface area contributed by atoms with Crippen molar-refractivity contribution >= 4 is 5.82 Å². The summed E-state index contributed by atoms with van der Waals surface area (Å²) in [4.78, 5) is 8.36. The van der Waals surface area contributed by atoms with Crippen LogP contribution in [0, 0.1) is 18.7 Å². The molecule has 5 heteroatoms. The molecule has 4 nitrogen and oxygen atoms in total. The van der Waals surface area contributed by atoms with E-state index in [9.17, 15) is 4.39 Å². The normalized spacial score (nSPS) is 24.8. The third-order valence-corrected chi connectivity index (χ3v) is 3.23. The van der Waals surface area contributed by atoms with Crippen LogP contribution in [-0.4, -0.2) is 9.97 Å². The lowest BCUT2D eigenvalue weighted by Gasteiger charge is -2.11. The molecule has 1 heterocycles. The van der Waals surface area contributed by atoms with Crippen molar-refractivity contribution in [2.75, 3.05) is 5.43 Å². The number of hydrogen-bond donors (Lipinski definition) is 2. The Bertz CT molecular complexity index is 394. The number of aryl methyl sites for hydroxylation is 1. The van der Waals surface area contributed by atoms with Crippen molar-refractivity contribution in [1.82, 2.24) is 9.97 Å². The lowest BCUT2D eigenvalue weighted by molar-refractivity contribution is 0.568. The minimum absolute atomic E-state index is 0.0991. The van der Waals surface area contributed by atoms with E-state index in [4.69, 9.17) is 5.84 Å². The summed E-state index contributed by atoms with van der Waals surface area (Å²) in [6.45, 7) is 3.86. The Morgan fingerprint density at radius 1 is 1.38 bits per heavy atom. The summed E-state index contributed by atoms with van der Waals surface area (Å²) in [5.41, 5.74) is 2.64. The molecule has 1 fully saturated rings. The van der Waals surface area contributed by atoms with Gasteiger partial charge in [-0.15, -0.1) is 0 Å². The molecule has 0 radical (unpaired) electrons. The highest BCUT2D eigenvalue weighted by atomic mass is 19.1. The topological polar surface area (TPSA) is 63.8 Å². The molecule has 1 aliphatic rings. The van der Waals surface area contributed by atoms with Gasteiger partial charge in [0.05, 0.1) is 5.69 Å². The van der Waals surface area contributed by atoms with Crippen LogP contribution in [-0.2, 0) is 0 Å². The smallest absolute Gasteiger partial charge is 0.187 e. The number of halogens is 1. The van der Waals surface area contributed by atoms with E-state index in [1.54, 1.807) is 6.92 Å². The maximum absolute atomic E-state index is 13.5. The molecule has 0 amide bonds. The molecule has 3 N–H and O–H groups in total. The van der Waals surface area contributed by atoms with Crippen molar-refractivity contribution in [2.24, 2.45) is 11.8 Å². The molecule has 1 aromatic heterocycles. The Hall–Kier alpha value is -1.23. The predicted molar refractivity (Wildman–Crippen MR) is 60.3 cm³/mol. The Morgan fingerprint density at radius 2 is 2.12 bits per heavy atom. The van der Waals surface area contributed by atoms with E-state index in [0.29, 0.717) is 17.5 Å². The molecule has 1 aromatic rings. The minimum atomic E-state index is -0.461. The SMILES string of the molecule is Cc1nc(C2CCC(C)C2)nc(NN)c1F. The van der Waals surface area contributed by atoms with Crippen LogP contribution in [0.3, 0.4) is 0 Å². The van der Waals surface area contributed by atoms with E-state index in [1.165, 1.54) is 6.42 Å². The van der Waals surface area contributed by atoms with Gasteiger partial charge in [-0.25, -0.2) is 20.2 Å². The number of anilines is 1. The van der Waals surface area contributed by atoms with E-state index in [2.05, 4.69) is 22.3 Å². The molecule has 2 atom stereocenters. The van der Waals surface area contributed by atoms with Crippen LogP contribution in [0.4, 0.5) is 10.2 Å². The highest BCUT2D eigenvalue weighted by Gasteiger charge is 2.26. The summed E-state index contributed by atoms with van der Waals surface area (Å²) < 4.78 is 13.5. The Balaban J connectivity index is 2.31. The van der Waals surface area contributed by atoms with E-state index < -0.39 is 5.82 Å². The molecule has 0 aliphatic heterocycles. The van der Waals surface area contributed by atoms with Crippen molar-refractivity contribution in [3.8, 4) is 0 Å². The van der Waals surface area contributed by atoms with Crippen LogP contribution in [0.5, 0.6) is 0 Å². The molecule has 1 aliphatic carbocycles. The highest BCUT2D eigenvalue weighted by Crippen LogP contribution is 2.36. The second-order valence-electron chi connectivity index (χ2n) is 4.59. The molecule has 16 heavy (non-hydrogen) atoms. The first-order chi connectivity index (χ1) is 7.61. The van der Waals surface area contributed by atoms with Crippen molar-refractivity contribution in [1.29, 1.82) is 0 Å². The maximum Gasteiger partial charge on any atom is 0.187 e. The predicted octanol–water partition coefficient (Wildman–Crippen LogP) is 2.11. The van der Waals surface area contributed by atoms with Crippen molar-refractivity contribution in [3.05, 3.63) is 17.3 Å². The molecule has 2 rings (SSSR count). The van der Waals surface area contributed by atoms with Gasteiger partial charge >= 0.3 is 0 Å². The first kappa shape index (κ1) is 11.3. The molecule has 88 valence electrons. The van der Waals surface area contributed by atoms with Crippen molar-refractivity contribution in [3.63, 3.8) is 0 Å². The summed E-state index contributed by atoms with van der Waals surface area (Å²) in [6, 6.07) is 0.